The topological polar surface area (TPSA) is 96.2 Å². The molecule has 6 heteroatoms. The Hall–Kier alpha value is -2.63. The quantitative estimate of drug-likeness (QED) is 0.363. The molecule has 0 radical (unpaired) electrons. The van der Waals surface area contributed by atoms with Crippen molar-refractivity contribution in [3.8, 4) is 0 Å². The number of carboxylic acid groups (broad SMARTS) is 1. The molecule has 0 saturated carbocycles. The molecule has 0 aromatic heterocycles. The highest BCUT2D eigenvalue weighted by Crippen LogP contribution is 2.17. The van der Waals surface area contributed by atoms with Crippen LogP contribution in [0.2, 0.25) is 0 Å². The van der Waals surface area contributed by atoms with Crippen LogP contribution in [0.25, 0.3) is 0 Å². The van der Waals surface area contributed by atoms with Crippen molar-refractivity contribution in [3.63, 3.8) is 0 Å². The highest BCUT2D eigenvalue weighted by molar-refractivity contribution is 6.10. The van der Waals surface area contributed by atoms with E-state index in [9.17, 15) is 19.8 Å². The Kier molecular flexibility index (Phi) is 6.13. The number of aliphatic hydroxyl groups excluding tert-OH is 1. The molecule has 0 bridgehead atoms. The number of aliphatic imine (C=N–C) groups is 1. The maximum absolute atomic E-state index is 11.6. The lowest BCUT2D eigenvalue weighted by Crippen LogP contribution is -2.14. The zero-order valence-corrected chi connectivity index (χ0v) is 11.8. The van der Waals surface area contributed by atoms with Crippen LogP contribution in [-0.2, 0) is 14.3 Å². The van der Waals surface area contributed by atoms with E-state index in [1.54, 1.807) is 37.3 Å². The first-order chi connectivity index (χ1) is 9.97. The molecule has 1 unspecified atom stereocenters. The number of aliphatic carboxylic acids is 1. The van der Waals surface area contributed by atoms with Crippen molar-refractivity contribution in [2.75, 3.05) is 6.61 Å². The molecule has 0 fully saturated rings. The van der Waals surface area contributed by atoms with Crippen molar-refractivity contribution >= 4 is 18.2 Å². The largest absolute Gasteiger partial charge is 0.512 e. The van der Waals surface area contributed by atoms with Crippen molar-refractivity contribution in [1.29, 1.82) is 0 Å². The van der Waals surface area contributed by atoms with Gasteiger partial charge in [0.25, 0.3) is 0 Å². The van der Waals surface area contributed by atoms with Gasteiger partial charge in [0.05, 0.1) is 6.61 Å². The van der Waals surface area contributed by atoms with E-state index in [1.165, 1.54) is 6.92 Å². The summed E-state index contributed by atoms with van der Waals surface area (Å²) in [5.74, 6) is -2.19. The normalized spacial score (nSPS) is 13.6. The van der Waals surface area contributed by atoms with E-state index in [0.29, 0.717) is 5.56 Å². The summed E-state index contributed by atoms with van der Waals surface area (Å²) in [5.41, 5.74) is 0.305. The van der Waals surface area contributed by atoms with Gasteiger partial charge in [-0.2, -0.15) is 0 Å². The Morgan fingerprint density at radius 2 is 1.90 bits per heavy atom. The average molecular weight is 291 g/mol. The number of aliphatic hydroxyl groups is 1. The molecule has 6 nitrogen and oxygen atoms in total. The summed E-state index contributed by atoms with van der Waals surface area (Å²) in [7, 11) is 0. The number of rotatable bonds is 6. The summed E-state index contributed by atoms with van der Waals surface area (Å²) in [6.07, 6.45) is 1.03. The summed E-state index contributed by atoms with van der Waals surface area (Å²) >= 11 is 0. The van der Waals surface area contributed by atoms with Gasteiger partial charge < -0.3 is 14.9 Å². The Balaban J connectivity index is 3.05. The van der Waals surface area contributed by atoms with Crippen LogP contribution in [0.15, 0.2) is 46.7 Å². The van der Waals surface area contributed by atoms with Crippen LogP contribution in [-0.4, -0.2) is 35.0 Å². The molecular weight excluding hydrogens is 274 g/mol. The first-order valence-corrected chi connectivity index (χ1v) is 6.35. The van der Waals surface area contributed by atoms with E-state index < -0.39 is 18.0 Å². The molecule has 0 heterocycles. The standard InChI is InChI=1S/C15H17NO5/c1-3-21-15(20)12(10(2)17)9-16-13(14(18)19)11-7-5-4-6-8-11/h4-9,13,17H,3H2,1-2H3,(H,18,19). The zero-order valence-electron chi connectivity index (χ0n) is 11.8. The second-order valence-corrected chi connectivity index (χ2v) is 4.15. The van der Waals surface area contributed by atoms with E-state index in [2.05, 4.69) is 4.99 Å². The second kappa shape index (κ2) is 7.84. The molecule has 0 spiro atoms. The fraction of sp³-hybridized carbons (Fsp3) is 0.267. The first kappa shape index (κ1) is 16.4. The highest BCUT2D eigenvalue weighted by atomic mass is 16.5. The average Bonchev–Trinajstić information content (AvgIpc) is 2.43. The second-order valence-electron chi connectivity index (χ2n) is 4.15. The van der Waals surface area contributed by atoms with E-state index in [-0.39, 0.29) is 17.9 Å². The summed E-state index contributed by atoms with van der Waals surface area (Å²) in [6, 6.07) is 7.23. The van der Waals surface area contributed by atoms with Crippen molar-refractivity contribution in [1.82, 2.24) is 0 Å². The lowest BCUT2D eigenvalue weighted by Gasteiger charge is -2.08. The van der Waals surface area contributed by atoms with Gasteiger partial charge in [0, 0.05) is 6.21 Å². The van der Waals surface area contributed by atoms with Crippen LogP contribution < -0.4 is 0 Å². The van der Waals surface area contributed by atoms with Gasteiger partial charge in [0.1, 0.15) is 11.3 Å². The zero-order chi connectivity index (χ0) is 15.8. The summed E-state index contributed by atoms with van der Waals surface area (Å²) < 4.78 is 4.77. The molecule has 0 aliphatic rings. The van der Waals surface area contributed by atoms with Crippen LogP contribution in [0.4, 0.5) is 0 Å². The number of ether oxygens (including phenoxy) is 1. The minimum Gasteiger partial charge on any atom is -0.512 e. The number of hydrogen-bond donors (Lipinski definition) is 2. The van der Waals surface area contributed by atoms with Gasteiger partial charge in [-0.1, -0.05) is 30.3 Å². The van der Waals surface area contributed by atoms with Gasteiger partial charge in [-0.15, -0.1) is 0 Å². The number of benzene rings is 1. The van der Waals surface area contributed by atoms with Crippen LogP contribution in [0.1, 0.15) is 25.5 Å². The number of esters is 1. The number of allylic oxidation sites excluding steroid dienone is 1. The molecular formula is C15H17NO5. The Morgan fingerprint density at radius 3 is 2.38 bits per heavy atom. The molecule has 1 aromatic rings. The van der Waals surface area contributed by atoms with Crippen LogP contribution in [0.5, 0.6) is 0 Å². The van der Waals surface area contributed by atoms with Crippen LogP contribution in [0.3, 0.4) is 0 Å². The Bertz CT molecular complexity index is 559. The molecule has 21 heavy (non-hydrogen) atoms. The minimum absolute atomic E-state index is 0.143. The Morgan fingerprint density at radius 1 is 1.29 bits per heavy atom. The van der Waals surface area contributed by atoms with Crippen molar-refractivity contribution < 1.29 is 24.5 Å². The van der Waals surface area contributed by atoms with Crippen molar-refractivity contribution in [2.45, 2.75) is 19.9 Å². The molecule has 2 N–H and O–H groups in total. The monoisotopic (exact) mass is 291 g/mol. The van der Waals surface area contributed by atoms with Gasteiger partial charge in [-0.05, 0) is 19.4 Å². The highest BCUT2D eigenvalue weighted by Gasteiger charge is 2.19. The van der Waals surface area contributed by atoms with Gasteiger partial charge in [-0.25, -0.2) is 9.59 Å². The van der Waals surface area contributed by atoms with E-state index in [1.807, 2.05) is 0 Å². The Labute approximate surface area is 122 Å². The lowest BCUT2D eigenvalue weighted by atomic mass is 10.1. The van der Waals surface area contributed by atoms with Crippen LogP contribution in [0, 0.1) is 0 Å². The maximum atomic E-state index is 11.6. The molecule has 1 atom stereocenters. The van der Waals surface area contributed by atoms with Gasteiger partial charge >= 0.3 is 11.9 Å². The fourth-order valence-corrected chi connectivity index (χ4v) is 1.58. The third-order valence-corrected chi connectivity index (χ3v) is 2.59. The fourth-order valence-electron chi connectivity index (χ4n) is 1.58. The number of carbonyl (C=O) groups is 2. The minimum atomic E-state index is -1.16. The number of carbonyl (C=O) groups excluding carboxylic acids is 1. The third kappa shape index (κ3) is 4.76. The van der Waals surface area contributed by atoms with Gasteiger partial charge in [0.2, 0.25) is 0 Å². The van der Waals surface area contributed by atoms with E-state index in [4.69, 9.17) is 4.74 Å². The van der Waals surface area contributed by atoms with Gasteiger partial charge in [0.15, 0.2) is 6.04 Å². The SMILES string of the molecule is CCOC(=O)C(C=NC(C(=O)O)c1ccccc1)=C(C)O. The van der Waals surface area contributed by atoms with Crippen molar-refractivity contribution in [2.24, 2.45) is 4.99 Å². The molecule has 0 aliphatic carbocycles. The number of nitrogens with zero attached hydrogens (tertiary/aromatic N) is 1. The molecule has 1 rings (SSSR count). The summed E-state index contributed by atoms with van der Waals surface area (Å²) in [5, 5.41) is 18.7. The predicted octanol–water partition coefficient (Wildman–Crippen LogP) is 2.28. The lowest BCUT2D eigenvalue weighted by molar-refractivity contribution is -0.139. The van der Waals surface area contributed by atoms with Crippen LogP contribution >= 0.6 is 0 Å². The molecule has 0 aliphatic heterocycles. The first-order valence-electron chi connectivity index (χ1n) is 6.35. The summed E-state index contributed by atoms with van der Waals surface area (Å²) in [6.45, 7) is 3.07. The predicted molar refractivity (Wildman–Crippen MR) is 77.3 cm³/mol. The molecule has 0 saturated heterocycles. The summed E-state index contributed by atoms with van der Waals surface area (Å²) in [4.78, 5) is 26.8. The molecule has 1 aromatic carbocycles. The molecule has 112 valence electrons. The van der Waals surface area contributed by atoms with E-state index in [0.717, 1.165) is 6.21 Å². The molecule has 0 amide bonds. The number of carboxylic acids is 1. The van der Waals surface area contributed by atoms with Gasteiger partial charge in [-0.3, -0.25) is 4.99 Å². The van der Waals surface area contributed by atoms with E-state index >= 15 is 0 Å². The van der Waals surface area contributed by atoms with Crippen molar-refractivity contribution in [3.05, 3.63) is 47.2 Å². The maximum Gasteiger partial charge on any atom is 0.343 e. The smallest absolute Gasteiger partial charge is 0.343 e. The third-order valence-electron chi connectivity index (χ3n) is 2.59. The number of hydrogen-bond acceptors (Lipinski definition) is 5.